The highest BCUT2D eigenvalue weighted by atomic mass is 32.2. The maximum atomic E-state index is 13.8. The summed E-state index contributed by atoms with van der Waals surface area (Å²) in [4.78, 5) is 78.3. The lowest BCUT2D eigenvalue weighted by atomic mass is 10.1. The Morgan fingerprint density at radius 1 is 0.865 bits per heavy atom. The molecule has 4 amide bonds. The van der Waals surface area contributed by atoms with Crippen molar-refractivity contribution < 1.29 is 38.2 Å². The van der Waals surface area contributed by atoms with Crippen molar-refractivity contribution in [2.45, 2.75) is 50.4 Å². The van der Waals surface area contributed by atoms with Gasteiger partial charge in [-0.2, -0.15) is 0 Å². The maximum Gasteiger partial charge on any atom is 0.325 e. The Morgan fingerprint density at radius 3 is 1.92 bits per heavy atom. The zero-order chi connectivity index (χ0) is 37.5. The second-order valence-corrected chi connectivity index (χ2v) is 16.8. The van der Waals surface area contributed by atoms with Crippen LogP contribution in [-0.4, -0.2) is 96.0 Å². The molecule has 3 atom stereocenters. The van der Waals surface area contributed by atoms with E-state index in [9.17, 15) is 28.8 Å². The minimum absolute atomic E-state index is 0.0152. The molecule has 3 aromatic carbocycles. The number of imide groups is 1. The van der Waals surface area contributed by atoms with Gasteiger partial charge in [0.15, 0.2) is 0 Å². The van der Waals surface area contributed by atoms with Gasteiger partial charge in [0, 0.05) is 18.6 Å². The first-order valence-electron chi connectivity index (χ1n) is 17.3. The minimum Gasteiger partial charge on any atom is -0.465 e. The number of esters is 2. The van der Waals surface area contributed by atoms with E-state index in [1.807, 2.05) is 54.6 Å². The number of ether oxygens (including phenoxy) is 2. The van der Waals surface area contributed by atoms with Crippen LogP contribution in [0.5, 0.6) is 0 Å². The van der Waals surface area contributed by atoms with Crippen LogP contribution in [0.2, 0.25) is 0 Å². The summed E-state index contributed by atoms with van der Waals surface area (Å²) in [5.41, 5.74) is 5.82. The van der Waals surface area contributed by atoms with Crippen molar-refractivity contribution in [3.8, 4) is 0 Å². The normalized spacial score (nSPS) is 15.4. The number of amides is 4. The molecule has 1 fully saturated rings. The molecule has 1 aliphatic rings. The SMILES string of the molecule is CCOC(=O)CNC(=O)C(CSC1CC(=O)N(CC[P+](c2ccccc2)(c2ccccc2)c2ccccc2)C1=O)NC(=O)CCC(N)C(=O)OCC. The van der Waals surface area contributed by atoms with Crippen LogP contribution in [0.4, 0.5) is 0 Å². The van der Waals surface area contributed by atoms with Gasteiger partial charge in [0.25, 0.3) is 0 Å². The van der Waals surface area contributed by atoms with Crippen LogP contribution in [0, 0.1) is 0 Å². The molecule has 4 rings (SSSR count). The smallest absolute Gasteiger partial charge is 0.325 e. The van der Waals surface area contributed by atoms with E-state index in [0.717, 1.165) is 27.7 Å². The lowest BCUT2D eigenvalue weighted by Gasteiger charge is -2.29. The van der Waals surface area contributed by atoms with Gasteiger partial charge in [0.05, 0.1) is 31.2 Å². The fraction of sp³-hybridized carbons (Fsp3) is 0.368. The monoisotopic (exact) mass is 749 g/mol. The van der Waals surface area contributed by atoms with E-state index < -0.39 is 54.9 Å². The highest BCUT2D eigenvalue weighted by Gasteiger charge is 2.48. The van der Waals surface area contributed by atoms with E-state index in [1.165, 1.54) is 4.90 Å². The molecule has 276 valence electrons. The number of benzene rings is 3. The van der Waals surface area contributed by atoms with Crippen LogP contribution >= 0.6 is 19.0 Å². The van der Waals surface area contributed by atoms with E-state index in [2.05, 4.69) is 47.0 Å². The van der Waals surface area contributed by atoms with Crippen LogP contribution < -0.4 is 32.3 Å². The number of carbonyl (C=O) groups excluding carboxylic acids is 6. The van der Waals surface area contributed by atoms with Gasteiger partial charge in [-0.3, -0.25) is 33.7 Å². The first-order chi connectivity index (χ1) is 25.1. The van der Waals surface area contributed by atoms with Crippen LogP contribution in [0.1, 0.15) is 33.1 Å². The van der Waals surface area contributed by atoms with Crippen LogP contribution in [-0.2, 0) is 38.2 Å². The molecule has 1 aliphatic heterocycles. The summed E-state index contributed by atoms with van der Waals surface area (Å²) in [5, 5.41) is 7.70. The van der Waals surface area contributed by atoms with E-state index >= 15 is 0 Å². The van der Waals surface area contributed by atoms with Crippen molar-refractivity contribution >= 4 is 70.5 Å². The van der Waals surface area contributed by atoms with Gasteiger partial charge >= 0.3 is 11.9 Å². The molecule has 0 saturated carbocycles. The van der Waals surface area contributed by atoms with Gasteiger partial charge in [-0.1, -0.05) is 54.6 Å². The fourth-order valence-electron chi connectivity index (χ4n) is 5.96. The second-order valence-electron chi connectivity index (χ2n) is 12.0. The fourth-order valence-corrected chi connectivity index (χ4v) is 11.4. The van der Waals surface area contributed by atoms with Crippen LogP contribution in [0.25, 0.3) is 0 Å². The minimum atomic E-state index is -2.31. The highest BCUT2D eigenvalue weighted by molar-refractivity contribution is 8.00. The zero-order valence-corrected chi connectivity index (χ0v) is 31.1. The molecular weight excluding hydrogens is 703 g/mol. The van der Waals surface area contributed by atoms with Crippen LogP contribution in [0.3, 0.4) is 0 Å². The molecule has 14 heteroatoms. The number of rotatable bonds is 19. The number of thioether (sulfide) groups is 1. The Morgan fingerprint density at radius 2 is 1.40 bits per heavy atom. The average molecular weight is 750 g/mol. The Labute approximate surface area is 308 Å². The van der Waals surface area contributed by atoms with Crippen molar-refractivity contribution in [3.05, 3.63) is 91.0 Å². The summed E-state index contributed by atoms with van der Waals surface area (Å²) in [6.07, 6.45) is 0.286. The molecule has 52 heavy (non-hydrogen) atoms. The van der Waals surface area contributed by atoms with E-state index in [4.69, 9.17) is 15.2 Å². The number of nitrogens with zero attached hydrogens (tertiary/aromatic N) is 1. The number of likely N-dealkylation sites (tertiary alicyclic amines) is 1. The van der Waals surface area contributed by atoms with Gasteiger partial charge in [-0.15, -0.1) is 11.8 Å². The average Bonchev–Trinajstić information content (AvgIpc) is 3.44. The number of hydrogen-bond donors (Lipinski definition) is 3. The molecule has 12 nitrogen and oxygen atoms in total. The maximum absolute atomic E-state index is 13.8. The van der Waals surface area contributed by atoms with Gasteiger partial charge < -0.3 is 25.8 Å². The van der Waals surface area contributed by atoms with Crippen LogP contribution in [0.15, 0.2) is 91.0 Å². The Bertz CT molecular complexity index is 1590. The first kappa shape index (κ1) is 40.2. The Balaban J connectivity index is 1.49. The quantitative estimate of drug-likeness (QED) is 0.0930. The highest BCUT2D eigenvalue weighted by Crippen LogP contribution is 2.55. The third-order valence-electron chi connectivity index (χ3n) is 8.55. The van der Waals surface area contributed by atoms with Crippen molar-refractivity contribution in [1.29, 1.82) is 0 Å². The third-order valence-corrected chi connectivity index (χ3v) is 14.3. The first-order valence-corrected chi connectivity index (χ1v) is 20.3. The Kier molecular flexibility index (Phi) is 15.4. The molecule has 3 aromatic rings. The predicted molar refractivity (Wildman–Crippen MR) is 203 cm³/mol. The third kappa shape index (κ3) is 10.5. The zero-order valence-electron chi connectivity index (χ0n) is 29.4. The van der Waals surface area contributed by atoms with Gasteiger partial charge in [-0.05, 0) is 56.7 Å². The summed E-state index contributed by atoms with van der Waals surface area (Å²) >= 11 is 1.09. The molecule has 3 unspecified atom stereocenters. The molecular formula is C38H46N4O8PS+. The Hall–Kier alpha value is -4.58. The standard InChI is InChI=1S/C38H45N4O8PS/c1-3-49-35(45)25-40-36(46)31(41-33(43)21-20-30(39)38(48)50-4-2)26-52-32-24-34(44)42(37(32)47)22-23-51(27-14-8-5-9-15-27,28-16-10-6-11-17-28)29-18-12-7-13-19-29/h5-19,30-32H,3-4,20-26,39H2,1-2H3,(H-,40,41,43,46)/p+1. The number of carbonyl (C=O) groups is 6. The van der Waals surface area contributed by atoms with Crippen molar-refractivity contribution in [3.63, 3.8) is 0 Å². The summed E-state index contributed by atoms with van der Waals surface area (Å²) in [5.74, 6) is -3.25. The summed E-state index contributed by atoms with van der Waals surface area (Å²) in [7, 11) is -2.31. The van der Waals surface area contributed by atoms with Crippen molar-refractivity contribution in [1.82, 2.24) is 15.5 Å². The summed E-state index contributed by atoms with van der Waals surface area (Å²) in [6, 6.07) is 28.4. The molecule has 4 N–H and O–H groups in total. The van der Waals surface area contributed by atoms with Crippen molar-refractivity contribution in [2.24, 2.45) is 5.73 Å². The molecule has 0 radical (unpaired) electrons. The van der Waals surface area contributed by atoms with Gasteiger partial charge in [-0.25, -0.2) is 0 Å². The molecule has 1 saturated heterocycles. The lowest BCUT2D eigenvalue weighted by Crippen LogP contribution is -2.50. The largest absolute Gasteiger partial charge is 0.465 e. The number of nitrogens with one attached hydrogen (secondary N) is 2. The predicted octanol–water partition coefficient (Wildman–Crippen LogP) is 1.68. The van der Waals surface area contributed by atoms with E-state index in [1.54, 1.807) is 13.8 Å². The lowest BCUT2D eigenvalue weighted by molar-refractivity contribution is -0.145. The van der Waals surface area contributed by atoms with Crippen molar-refractivity contribution in [2.75, 3.05) is 38.2 Å². The molecule has 0 aromatic heterocycles. The summed E-state index contributed by atoms with van der Waals surface area (Å²) < 4.78 is 9.77. The number of hydrogen-bond acceptors (Lipinski definition) is 10. The second kappa shape index (κ2) is 19.9. The van der Waals surface area contributed by atoms with Gasteiger partial charge in [0.1, 0.15) is 41.8 Å². The number of nitrogens with two attached hydrogens (primary N) is 1. The topological polar surface area (TPSA) is 174 Å². The van der Waals surface area contributed by atoms with Gasteiger partial charge in [0.2, 0.25) is 23.6 Å². The summed E-state index contributed by atoms with van der Waals surface area (Å²) in [6.45, 7) is 3.34. The molecule has 0 spiro atoms. The van der Waals surface area contributed by atoms with E-state index in [-0.39, 0.29) is 56.6 Å². The molecule has 0 bridgehead atoms. The van der Waals surface area contributed by atoms with E-state index in [0.29, 0.717) is 6.16 Å². The molecule has 1 heterocycles. The molecule has 0 aliphatic carbocycles.